The molecule has 1 aliphatic heterocycles. The second kappa shape index (κ2) is 3.65. The molecule has 1 nitrogen and oxygen atoms in total. The number of hydrogen-bond acceptors (Lipinski definition) is 1. The highest BCUT2D eigenvalue weighted by Gasteiger charge is 2.28. The molecule has 0 aliphatic carbocycles. The van der Waals surface area contributed by atoms with Crippen molar-refractivity contribution in [3.63, 3.8) is 0 Å². The predicted molar refractivity (Wildman–Crippen MR) is 65.5 cm³/mol. The van der Waals surface area contributed by atoms with Crippen LogP contribution in [0.5, 0.6) is 0 Å². The van der Waals surface area contributed by atoms with E-state index >= 15 is 0 Å². The lowest BCUT2D eigenvalue weighted by Crippen LogP contribution is -2.36. The minimum atomic E-state index is 0.192. The van der Waals surface area contributed by atoms with Gasteiger partial charge in [0.25, 0.3) is 0 Å². The van der Waals surface area contributed by atoms with E-state index in [4.69, 9.17) is 23.2 Å². The standard InChI is InChI=1S/C12H15Cl2N/c1-12(2,3)15-6-8-4-10(13)11(14)5-9(8)7-15/h4-5H,6-7H2,1-3H3. The molecule has 0 bridgehead atoms. The first-order valence-electron chi connectivity index (χ1n) is 5.10. The number of nitrogens with zero attached hydrogens (tertiary/aromatic N) is 1. The molecule has 0 saturated carbocycles. The van der Waals surface area contributed by atoms with Crippen LogP contribution in [0.2, 0.25) is 10.0 Å². The Morgan fingerprint density at radius 3 is 1.73 bits per heavy atom. The van der Waals surface area contributed by atoms with Crippen molar-refractivity contribution in [2.24, 2.45) is 0 Å². The van der Waals surface area contributed by atoms with Gasteiger partial charge in [0.1, 0.15) is 0 Å². The molecular weight excluding hydrogens is 229 g/mol. The monoisotopic (exact) mass is 243 g/mol. The maximum absolute atomic E-state index is 6.00. The summed E-state index contributed by atoms with van der Waals surface area (Å²) in [5.41, 5.74) is 2.80. The molecule has 0 saturated heterocycles. The third-order valence-corrected chi connectivity index (χ3v) is 3.64. The Kier molecular flexibility index (Phi) is 2.74. The molecule has 1 aromatic rings. The Labute approximate surface area is 101 Å². The van der Waals surface area contributed by atoms with Crippen LogP contribution in [0.3, 0.4) is 0 Å². The lowest BCUT2D eigenvalue weighted by Gasteiger charge is -2.31. The van der Waals surface area contributed by atoms with Gasteiger partial charge >= 0.3 is 0 Å². The van der Waals surface area contributed by atoms with Gasteiger partial charge in [-0.1, -0.05) is 23.2 Å². The summed E-state index contributed by atoms with van der Waals surface area (Å²) in [5.74, 6) is 0. The molecule has 1 heterocycles. The average molecular weight is 244 g/mol. The Balaban J connectivity index is 2.32. The molecule has 0 aromatic heterocycles. The van der Waals surface area contributed by atoms with E-state index in [-0.39, 0.29) is 5.54 Å². The fourth-order valence-electron chi connectivity index (χ4n) is 1.87. The quantitative estimate of drug-likeness (QED) is 0.663. The Morgan fingerprint density at radius 2 is 1.40 bits per heavy atom. The SMILES string of the molecule is CC(C)(C)N1Cc2cc(Cl)c(Cl)cc2C1. The summed E-state index contributed by atoms with van der Waals surface area (Å²) in [6.07, 6.45) is 0. The predicted octanol–water partition coefficient (Wildman–Crippen LogP) is 4.11. The number of hydrogen-bond donors (Lipinski definition) is 0. The van der Waals surface area contributed by atoms with E-state index in [1.807, 2.05) is 12.1 Å². The first-order chi connectivity index (χ1) is 6.88. The molecule has 0 unspecified atom stereocenters. The minimum Gasteiger partial charge on any atom is -0.290 e. The first-order valence-corrected chi connectivity index (χ1v) is 5.85. The molecule has 2 rings (SSSR count). The summed E-state index contributed by atoms with van der Waals surface area (Å²) in [4.78, 5) is 2.42. The van der Waals surface area contributed by atoms with Crippen LogP contribution in [-0.2, 0) is 13.1 Å². The zero-order valence-corrected chi connectivity index (χ0v) is 10.8. The third kappa shape index (κ3) is 2.15. The van der Waals surface area contributed by atoms with E-state index < -0.39 is 0 Å². The molecule has 1 aromatic carbocycles. The van der Waals surface area contributed by atoms with Gasteiger partial charge in [-0.15, -0.1) is 0 Å². The zero-order chi connectivity index (χ0) is 11.2. The minimum absolute atomic E-state index is 0.192. The van der Waals surface area contributed by atoms with Crippen LogP contribution in [0.1, 0.15) is 31.9 Å². The molecule has 0 radical (unpaired) electrons. The van der Waals surface area contributed by atoms with E-state index in [0.717, 1.165) is 13.1 Å². The smallest absolute Gasteiger partial charge is 0.0595 e. The van der Waals surface area contributed by atoms with Crippen LogP contribution in [0, 0.1) is 0 Å². The van der Waals surface area contributed by atoms with Crippen LogP contribution in [-0.4, -0.2) is 10.4 Å². The molecule has 0 amide bonds. The Morgan fingerprint density at radius 1 is 1.00 bits per heavy atom. The van der Waals surface area contributed by atoms with Gasteiger partial charge < -0.3 is 0 Å². The number of fused-ring (bicyclic) bond motifs is 1. The van der Waals surface area contributed by atoms with Crippen molar-refractivity contribution >= 4 is 23.2 Å². The largest absolute Gasteiger partial charge is 0.290 e. The molecule has 0 fully saturated rings. The summed E-state index contributed by atoms with van der Waals surface area (Å²) in [7, 11) is 0. The van der Waals surface area contributed by atoms with E-state index in [2.05, 4.69) is 25.7 Å². The maximum Gasteiger partial charge on any atom is 0.0595 e. The summed E-state index contributed by atoms with van der Waals surface area (Å²) < 4.78 is 0. The fourth-order valence-corrected chi connectivity index (χ4v) is 2.24. The number of halogens is 2. The summed E-state index contributed by atoms with van der Waals surface area (Å²) >= 11 is 12.0. The van der Waals surface area contributed by atoms with Gasteiger partial charge in [-0.3, -0.25) is 4.90 Å². The Bertz CT molecular complexity index is 362. The third-order valence-electron chi connectivity index (χ3n) is 2.91. The van der Waals surface area contributed by atoms with E-state index in [1.165, 1.54) is 11.1 Å². The molecule has 0 atom stereocenters. The highest BCUT2D eigenvalue weighted by Crippen LogP contribution is 2.34. The van der Waals surface area contributed by atoms with Crippen molar-refractivity contribution in [3.05, 3.63) is 33.3 Å². The van der Waals surface area contributed by atoms with Crippen molar-refractivity contribution in [1.29, 1.82) is 0 Å². The van der Waals surface area contributed by atoms with Crippen molar-refractivity contribution < 1.29 is 0 Å². The second-order valence-electron chi connectivity index (χ2n) is 5.06. The molecule has 0 spiro atoms. The average Bonchev–Trinajstić information content (AvgIpc) is 2.47. The van der Waals surface area contributed by atoms with Crippen molar-refractivity contribution in [2.75, 3.05) is 0 Å². The molecule has 15 heavy (non-hydrogen) atoms. The molecule has 0 N–H and O–H groups in total. The fraction of sp³-hybridized carbons (Fsp3) is 0.500. The summed E-state index contributed by atoms with van der Waals surface area (Å²) in [6, 6.07) is 3.98. The zero-order valence-electron chi connectivity index (χ0n) is 9.27. The van der Waals surface area contributed by atoms with Gasteiger partial charge in [0, 0.05) is 18.6 Å². The van der Waals surface area contributed by atoms with E-state index in [0.29, 0.717) is 10.0 Å². The first kappa shape index (κ1) is 11.3. The van der Waals surface area contributed by atoms with E-state index in [1.54, 1.807) is 0 Å². The normalized spacial score (nSPS) is 16.9. The highest BCUT2D eigenvalue weighted by atomic mass is 35.5. The van der Waals surface area contributed by atoms with Crippen molar-refractivity contribution in [3.8, 4) is 0 Å². The molecule has 3 heteroatoms. The van der Waals surface area contributed by atoms with Crippen molar-refractivity contribution in [1.82, 2.24) is 4.90 Å². The lowest BCUT2D eigenvalue weighted by atomic mass is 10.1. The topological polar surface area (TPSA) is 3.24 Å². The highest BCUT2D eigenvalue weighted by molar-refractivity contribution is 6.42. The van der Waals surface area contributed by atoms with Gasteiger partial charge in [0.15, 0.2) is 0 Å². The van der Waals surface area contributed by atoms with Gasteiger partial charge in [-0.25, -0.2) is 0 Å². The van der Waals surface area contributed by atoms with Gasteiger partial charge in [-0.2, -0.15) is 0 Å². The number of benzene rings is 1. The molecule has 82 valence electrons. The van der Waals surface area contributed by atoms with Crippen LogP contribution >= 0.6 is 23.2 Å². The van der Waals surface area contributed by atoms with Gasteiger partial charge in [0.05, 0.1) is 10.0 Å². The van der Waals surface area contributed by atoms with Gasteiger partial charge in [0.2, 0.25) is 0 Å². The van der Waals surface area contributed by atoms with E-state index in [9.17, 15) is 0 Å². The summed E-state index contributed by atoms with van der Waals surface area (Å²) in [5, 5.41) is 1.32. The van der Waals surface area contributed by atoms with Crippen LogP contribution in [0.25, 0.3) is 0 Å². The lowest BCUT2D eigenvalue weighted by molar-refractivity contribution is 0.136. The number of rotatable bonds is 0. The second-order valence-corrected chi connectivity index (χ2v) is 5.88. The summed E-state index contributed by atoms with van der Waals surface area (Å²) in [6.45, 7) is 8.61. The molecular formula is C12H15Cl2N. The van der Waals surface area contributed by atoms with Gasteiger partial charge in [-0.05, 0) is 44.0 Å². The Hall–Kier alpha value is -0.240. The van der Waals surface area contributed by atoms with Crippen LogP contribution in [0.15, 0.2) is 12.1 Å². The van der Waals surface area contributed by atoms with Crippen LogP contribution in [0.4, 0.5) is 0 Å². The molecule has 1 aliphatic rings. The maximum atomic E-state index is 6.00. The van der Waals surface area contributed by atoms with Crippen molar-refractivity contribution in [2.45, 2.75) is 39.4 Å². The van der Waals surface area contributed by atoms with Crippen LogP contribution < -0.4 is 0 Å².